The number of esters is 1. The van der Waals surface area contributed by atoms with Gasteiger partial charge in [0, 0.05) is 5.56 Å². The first kappa shape index (κ1) is 17.1. The second-order valence-electron chi connectivity index (χ2n) is 5.52. The first-order chi connectivity index (χ1) is 11.9. The highest BCUT2D eigenvalue weighted by Gasteiger charge is 2.32. The Balaban J connectivity index is 2.15. The number of anilines is 1. The molecule has 0 atom stereocenters. The molecule has 25 heavy (non-hydrogen) atoms. The molecular weight excluding hydrogens is 346 g/mol. The maximum absolute atomic E-state index is 12.7. The van der Waals surface area contributed by atoms with Crippen LogP contribution in [0.1, 0.15) is 21.5 Å². The highest BCUT2D eigenvalue weighted by atomic mass is 32.2. The lowest BCUT2D eigenvalue weighted by atomic mass is 10.1. The number of aryl methyl sites for hydroxylation is 1. The van der Waals surface area contributed by atoms with Gasteiger partial charge in [-0.2, -0.15) is 0 Å². The Morgan fingerprint density at radius 2 is 1.80 bits per heavy atom. The topological polar surface area (TPSA) is 90.9 Å². The zero-order valence-corrected chi connectivity index (χ0v) is 14.8. The highest BCUT2D eigenvalue weighted by molar-refractivity contribution is 7.92. The van der Waals surface area contributed by atoms with Crippen LogP contribution in [0.15, 0.2) is 35.2 Å². The summed E-state index contributed by atoms with van der Waals surface area (Å²) in [5, 5.41) is 0. The summed E-state index contributed by atoms with van der Waals surface area (Å²) >= 11 is 0. The van der Waals surface area contributed by atoms with Crippen molar-refractivity contribution in [3.8, 4) is 11.5 Å². The first-order valence-corrected chi connectivity index (χ1v) is 8.90. The maximum Gasteiger partial charge on any atom is 0.341 e. The Morgan fingerprint density at radius 3 is 2.40 bits per heavy atom. The minimum Gasteiger partial charge on any atom is -0.493 e. The van der Waals surface area contributed by atoms with E-state index in [1.165, 1.54) is 26.4 Å². The minimum absolute atomic E-state index is 0.0138. The molecule has 0 aliphatic carbocycles. The Bertz CT molecular complexity index is 935. The fraction of sp³-hybridized carbons (Fsp3) is 0.235. The summed E-state index contributed by atoms with van der Waals surface area (Å²) in [5.74, 6) is -0.186. The van der Waals surface area contributed by atoms with Crippen molar-refractivity contribution in [3.05, 3.63) is 47.0 Å². The zero-order valence-electron chi connectivity index (χ0n) is 14.0. The average Bonchev–Trinajstić information content (AvgIpc) is 2.95. The lowest BCUT2D eigenvalue weighted by Crippen LogP contribution is -2.16. The summed E-state index contributed by atoms with van der Waals surface area (Å²) in [7, 11) is -1.13. The molecule has 0 saturated carbocycles. The summed E-state index contributed by atoms with van der Waals surface area (Å²) in [4.78, 5) is 12.1. The van der Waals surface area contributed by atoms with Crippen LogP contribution >= 0.6 is 0 Å². The smallest absolute Gasteiger partial charge is 0.341 e. The fourth-order valence-electron chi connectivity index (χ4n) is 2.62. The standard InChI is InChI=1S/C17H17NO6S/c1-10-4-6-12(7-5-10)25(20,21)18-15-14-11(9-24-17(14)19)8-13(22-2)16(15)23-3/h4-8,18H,9H2,1-3H3. The predicted octanol–water partition coefficient (Wildman–Crippen LogP) is 2.48. The molecule has 2 aromatic rings. The number of hydrogen-bond acceptors (Lipinski definition) is 6. The van der Waals surface area contributed by atoms with Gasteiger partial charge in [0.1, 0.15) is 12.3 Å². The van der Waals surface area contributed by atoms with Crippen LogP contribution in [0.3, 0.4) is 0 Å². The van der Waals surface area contributed by atoms with Crippen LogP contribution in [-0.2, 0) is 21.4 Å². The molecule has 0 bridgehead atoms. The molecule has 1 aliphatic rings. The van der Waals surface area contributed by atoms with E-state index >= 15 is 0 Å². The van der Waals surface area contributed by atoms with Gasteiger partial charge >= 0.3 is 5.97 Å². The van der Waals surface area contributed by atoms with Crippen molar-refractivity contribution < 1.29 is 27.4 Å². The number of nitrogens with one attached hydrogen (secondary N) is 1. The second kappa shape index (κ2) is 6.29. The van der Waals surface area contributed by atoms with Gasteiger partial charge in [0.25, 0.3) is 10.0 Å². The molecule has 3 rings (SSSR count). The van der Waals surface area contributed by atoms with Crippen molar-refractivity contribution in [2.24, 2.45) is 0 Å². The van der Waals surface area contributed by atoms with Crippen LogP contribution in [0.5, 0.6) is 11.5 Å². The Morgan fingerprint density at radius 1 is 1.12 bits per heavy atom. The van der Waals surface area contributed by atoms with Crippen LogP contribution in [0, 0.1) is 6.92 Å². The molecule has 7 nitrogen and oxygen atoms in total. The van der Waals surface area contributed by atoms with Crippen LogP contribution in [0.2, 0.25) is 0 Å². The van der Waals surface area contributed by atoms with Crippen molar-refractivity contribution in [3.63, 3.8) is 0 Å². The van der Waals surface area contributed by atoms with Crippen molar-refractivity contribution in [2.45, 2.75) is 18.4 Å². The molecule has 0 aromatic heterocycles. The largest absolute Gasteiger partial charge is 0.493 e. The number of rotatable bonds is 5. The molecule has 132 valence electrons. The number of carbonyl (C=O) groups excluding carboxylic acids is 1. The van der Waals surface area contributed by atoms with Crippen LogP contribution in [-0.4, -0.2) is 28.6 Å². The van der Waals surface area contributed by atoms with Crippen molar-refractivity contribution in [1.82, 2.24) is 0 Å². The van der Waals surface area contributed by atoms with E-state index in [2.05, 4.69) is 4.72 Å². The van der Waals surface area contributed by atoms with Crippen LogP contribution in [0.4, 0.5) is 5.69 Å². The Labute approximate surface area is 145 Å². The molecule has 2 aromatic carbocycles. The van der Waals surface area contributed by atoms with Gasteiger partial charge in [-0.05, 0) is 25.1 Å². The van der Waals surface area contributed by atoms with E-state index in [0.29, 0.717) is 11.3 Å². The van der Waals surface area contributed by atoms with Gasteiger partial charge in [0.2, 0.25) is 0 Å². The van der Waals surface area contributed by atoms with E-state index in [0.717, 1.165) is 5.56 Å². The number of benzene rings is 2. The third-order valence-electron chi connectivity index (χ3n) is 3.88. The van der Waals surface area contributed by atoms with E-state index in [9.17, 15) is 13.2 Å². The molecule has 1 aliphatic heterocycles. The summed E-state index contributed by atoms with van der Waals surface area (Å²) in [6, 6.07) is 7.96. The third kappa shape index (κ3) is 3.00. The van der Waals surface area contributed by atoms with E-state index < -0.39 is 16.0 Å². The number of carbonyl (C=O) groups is 1. The van der Waals surface area contributed by atoms with Gasteiger partial charge in [0.15, 0.2) is 11.5 Å². The monoisotopic (exact) mass is 363 g/mol. The van der Waals surface area contributed by atoms with Crippen molar-refractivity contribution in [2.75, 3.05) is 18.9 Å². The van der Waals surface area contributed by atoms with Gasteiger partial charge in [-0.25, -0.2) is 13.2 Å². The summed E-state index contributed by atoms with van der Waals surface area (Å²) in [5.41, 5.74) is 1.61. The Kier molecular flexibility index (Phi) is 4.30. The average molecular weight is 363 g/mol. The number of methoxy groups -OCH3 is 2. The summed E-state index contributed by atoms with van der Waals surface area (Å²) in [6.45, 7) is 1.91. The molecule has 0 fully saturated rings. The van der Waals surface area contributed by atoms with Crippen molar-refractivity contribution in [1.29, 1.82) is 0 Å². The van der Waals surface area contributed by atoms with E-state index in [1.54, 1.807) is 18.2 Å². The van der Waals surface area contributed by atoms with Crippen LogP contribution < -0.4 is 14.2 Å². The lowest BCUT2D eigenvalue weighted by Gasteiger charge is -2.17. The normalized spacial score (nSPS) is 13.2. The third-order valence-corrected chi connectivity index (χ3v) is 5.25. The van der Waals surface area contributed by atoms with Gasteiger partial charge in [-0.3, -0.25) is 4.72 Å². The maximum atomic E-state index is 12.7. The predicted molar refractivity (Wildman–Crippen MR) is 90.7 cm³/mol. The number of cyclic esters (lactones) is 1. The van der Waals surface area contributed by atoms with Gasteiger partial charge in [-0.15, -0.1) is 0 Å². The first-order valence-electron chi connectivity index (χ1n) is 7.42. The summed E-state index contributed by atoms with van der Waals surface area (Å²) in [6.07, 6.45) is 0. The zero-order chi connectivity index (χ0) is 18.2. The van der Waals surface area contributed by atoms with E-state index in [-0.39, 0.29) is 28.5 Å². The van der Waals surface area contributed by atoms with E-state index in [4.69, 9.17) is 14.2 Å². The minimum atomic E-state index is -3.93. The number of hydrogen-bond donors (Lipinski definition) is 1. The van der Waals surface area contributed by atoms with Gasteiger partial charge in [-0.1, -0.05) is 17.7 Å². The van der Waals surface area contributed by atoms with Gasteiger partial charge < -0.3 is 14.2 Å². The van der Waals surface area contributed by atoms with E-state index in [1.807, 2.05) is 6.92 Å². The fourth-order valence-corrected chi connectivity index (χ4v) is 3.69. The molecule has 0 spiro atoms. The number of fused-ring (bicyclic) bond motifs is 1. The molecular formula is C17H17NO6S. The molecule has 0 unspecified atom stereocenters. The molecule has 0 saturated heterocycles. The molecule has 1 heterocycles. The van der Waals surface area contributed by atoms with Crippen LogP contribution in [0.25, 0.3) is 0 Å². The Hall–Kier alpha value is -2.74. The highest BCUT2D eigenvalue weighted by Crippen LogP contribution is 2.43. The second-order valence-corrected chi connectivity index (χ2v) is 7.20. The number of sulfonamides is 1. The molecule has 8 heteroatoms. The molecule has 1 N–H and O–H groups in total. The SMILES string of the molecule is COc1cc2c(c(NS(=O)(=O)c3ccc(C)cc3)c1OC)C(=O)OC2. The lowest BCUT2D eigenvalue weighted by molar-refractivity contribution is 0.0535. The summed E-state index contributed by atoms with van der Waals surface area (Å²) < 4.78 is 43.4. The molecule has 0 amide bonds. The van der Waals surface area contributed by atoms with Gasteiger partial charge in [0.05, 0.1) is 24.7 Å². The molecule has 0 radical (unpaired) electrons. The quantitative estimate of drug-likeness (QED) is 0.821. The number of ether oxygens (including phenoxy) is 3. The van der Waals surface area contributed by atoms with Crippen molar-refractivity contribution >= 4 is 21.7 Å².